The fraction of sp³-hybridized carbons (Fsp3) is 0.333. The zero-order valence-corrected chi connectivity index (χ0v) is 10.5. The van der Waals surface area contributed by atoms with E-state index in [0.29, 0.717) is 0 Å². The van der Waals surface area contributed by atoms with Gasteiger partial charge >= 0.3 is 5.97 Å². The quantitative estimate of drug-likeness (QED) is 0.881. The Kier molecular flexibility index (Phi) is 4.98. The molecule has 0 radical (unpaired) electrons. The summed E-state index contributed by atoms with van der Waals surface area (Å²) in [4.78, 5) is 10.6. The second kappa shape index (κ2) is 6.26. The van der Waals surface area contributed by atoms with Crippen molar-refractivity contribution in [3.05, 3.63) is 35.1 Å². The highest BCUT2D eigenvalue weighted by atomic mass is 32.2. The third-order valence-corrected chi connectivity index (χ3v) is 3.88. The lowest BCUT2D eigenvalue weighted by Gasteiger charge is -2.07. The number of aliphatic carboxylic acids is 1. The molecule has 4 nitrogen and oxygen atoms in total. The molecule has 0 fully saturated rings. The van der Waals surface area contributed by atoms with Crippen LogP contribution in [0.2, 0.25) is 0 Å². The molecule has 96 valence electrons. The molecule has 0 heterocycles. The van der Waals surface area contributed by atoms with Gasteiger partial charge in [0.15, 0.2) is 0 Å². The minimum atomic E-state index is -1.47. The summed E-state index contributed by atoms with van der Waals surface area (Å²) in [6.45, 7) is 1.45. The number of carboxylic acids is 1. The summed E-state index contributed by atoms with van der Waals surface area (Å²) in [5, 5.41) is 17.3. The van der Waals surface area contributed by atoms with Gasteiger partial charge in [0.05, 0.1) is 17.2 Å². The number of benzene rings is 1. The molecule has 1 aromatic carbocycles. The van der Waals surface area contributed by atoms with Crippen molar-refractivity contribution in [1.29, 1.82) is 5.26 Å². The molecule has 0 aliphatic heterocycles. The SMILES string of the molecule is CC(CS(=O)Cc1cccc(C#N)c1F)C(=O)O. The van der Waals surface area contributed by atoms with Crippen molar-refractivity contribution in [2.24, 2.45) is 5.92 Å². The maximum Gasteiger partial charge on any atom is 0.307 e. The Morgan fingerprint density at radius 2 is 2.28 bits per heavy atom. The predicted octanol–water partition coefficient (Wildman–Crippen LogP) is 1.67. The number of hydrogen-bond acceptors (Lipinski definition) is 3. The van der Waals surface area contributed by atoms with Gasteiger partial charge in [-0.3, -0.25) is 9.00 Å². The molecule has 0 aromatic heterocycles. The average Bonchev–Trinajstić information content (AvgIpc) is 2.31. The van der Waals surface area contributed by atoms with Crippen LogP contribution in [0.1, 0.15) is 18.1 Å². The fourth-order valence-corrected chi connectivity index (χ4v) is 2.75. The first-order valence-electron chi connectivity index (χ1n) is 5.21. The number of nitrogens with zero attached hydrogens (tertiary/aromatic N) is 1. The van der Waals surface area contributed by atoms with Gasteiger partial charge in [0, 0.05) is 22.1 Å². The van der Waals surface area contributed by atoms with Crippen LogP contribution in [0.25, 0.3) is 0 Å². The highest BCUT2D eigenvalue weighted by Gasteiger charge is 2.17. The van der Waals surface area contributed by atoms with Crippen molar-refractivity contribution >= 4 is 16.8 Å². The summed E-state index contributed by atoms with van der Waals surface area (Å²) >= 11 is 0. The molecule has 0 saturated heterocycles. The summed E-state index contributed by atoms with van der Waals surface area (Å²) in [7, 11) is -1.47. The van der Waals surface area contributed by atoms with Crippen molar-refractivity contribution in [1.82, 2.24) is 0 Å². The first-order chi connectivity index (χ1) is 8.45. The van der Waals surface area contributed by atoms with E-state index in [9.17, 15) is 13.4 Å². The van der Waals surface area contributed by atoms with Crippen LogP contribution in [0.5, 0.6) is 0 Å². The van der Waals surface area contributed by atoms with Gasteiger partial charge in [-0.25, -0.2) is 4.39 Å². The van der Waals surface area contributed by atoms with E-state index in [0.717, 1.165) is 0 Å². The number of rotatable bonds is 5. The molecule has 6 heteroatoms. The number of nitriles is 1. The first-order valence-corrected chi connectivity index (χ1v) is 6.69. The normalized spacial score (nSPS) is 13.6. The van der Waals surface area contributed by atoms with E-state index in [2.05, 4.69) is 0 Å². The van der Waals surface area contributed by atoms with Crippen LogP contribution in [0.4, 0.5) is 4.39 Å². The van der Waals surface area contributed by atoms with E-state index in [-0.39, 0.29) is 22.6 Å². The lowest BCUT2D eigenvalue weighted by Crippen LogP contribution is -2.18. The molecule has 0 bridgehead atoms. The van der Waals surface area contributed by atoms with Crippen LogP contribution < -0.4 is 0 Å². The molecule has 1 N–H and O–H groups in total. The van der Waals surface area contributed by atoms with E-state index >= 15 is 0 Å². The monoisotopic (exact) mass is 269 g/mol. The fourth-order valence-electron chi connectivity index (χ4n) is 1.36. The Morgan fingerprint density at radius 1 is 1.61 bits per heavy atom. The van der Waals surface area contributed by atoms with Crippen LogP contribution in [0, 0.1) is 23.1 Å². The minimum absolute atomic E-state index is 0.0362. The third-order valence-electron chi connectivity index (χ3n) is 2.37. The Balaban J connectivity index is 2.77. The molecule has 0 saturated carbocycles. The van der Waals surface area contributed by atoms with E-state index in [1.54, 1.807) is 6.07 Å². The standard InChI is InChI=1S/C12H12FNO3S/c1-8(12(15)16)6-18(17)7-10-4-2-3-9(5-14)11(10)13/h2-4,8H,6-7H2,1H3,(H,15,16). The van der Waals surface area contributed by atoms with Gasteiger partial charge in [0.25, 0.3) is 0 Å². The molecule has 2 unspecified atom stereocenters. The highest BCUT2D eigenvalue weighted by molar-refractivity contribution is 7.84. The third kappa shape index (κ3) is 3.64. The lowest BCUT2D eigenvalue weighted by molar-refractivity contribution is -0.140. The minimum Gasteiger partial charge on any atom is -0.481 e. The van der Waals surface area contributed by atoms with Crippen molar-refractivity contribution in [2.75, 3.05) is 5.75 Å². The largest absolute Gasteiger partial charge is 0.481 e. The smallest absolute Gasteiger partial charge is 0.307 e. The number of carboxylic acid groups (broad SMARTS) is 1. The second-order valence-corrected chi connectivity index (χ2v) is 5.38. The van der Waals surface area contributed by atoms with Crippen molar-refractivity contribution < 1.29 is 18.5 Å². The number of hydrogen-bond donors (Lipinski definition) is 1. The number of halogens is 1. The zero-order valence-electron chi connectivity index (χ0n) is 9.72. The van der Waals surface area contributed by atoms with Crippen molar-refractivity contribution in [3.8, 4) is 6.07 Å². The van der Waals surface area contributed by atoms with E-state index < -0.39 is 28.5 Å². The molecule has 0 spiro atoms. The van der Waals surface area contributed by atoms with Gasteiger partial charge in [-0.15, -0.1) is 0 Å². The first kappa shape index (κ1) is 14.3. The Bertz CT molecular complexity index is 525. The summed E-state index contributed by atoms with van der Waals surface area (Å²) in [5.74, 6) is -2.58. The Morgan fingerprint density at radius 3 is 2.83 bits per heavy atom. The van der Waals surface area contributed by atoms with Gasteiger partial charge in [-0.2, -0.15) is 5.26 Å². The highest BCUT2D eigenvalue weighted by Crippen LogP contribution is 2.15. The van der Waals surface area contributed by atoms with E-state index in [1.165, 1.54) is 25.1 Å². The van der Waals surface area contributed by atoms with Crippen LogP contribution in [0.3, 0.4) is 0 Å². The van der Waals surface area contributed by atoms with E-state index in [1.807, 2.05) is 0 Å². The molecule has 18 heavy (non-hydrogen) atoms. The van der Waals surface area contributed by atoms with Crippen LogP contribution in [-0.2, 0) is 21.3 Å². The Hall–Kier alpha value is -1.74. The maximum atomic E-state index is 13.7. The second-order valence-electron chi connectivity index (χ2n) is 3.88. The molecule has 0 aliphatic rings. The van der Waals surface area contributed by atoms with Gasteiger partial charge in [-0.1, -0.05) is 19.1 Å². The molecule has 1 aromatic rings. The molecule has 0 aliphatic carbocycles. The topological polar surface area (TPSA) is 78.2 Å². The van der Waals surface area contributed by atoms with E-state index in [4.69, 9.17) is 10.4 Å². The molecular weight excluding hydrogens is 257 g/mol. The summed E-state index contributed by atoms with van der Waals surface area (Å²) < 4.78 is 25.3. The van der Waals surface area contributed by atoms with Gasteiger partial charge in [-0.05, 0) is 6.07 Å². The zero-order chi connectivity index (χ0) is 13.7. The van der Waals surface area contributed by atoms with Crippen molar-refractivity contribution in [2.45, 2.75) is 12.7 Å². The van der Waals surface area contributed by atoms with Crippen molar-refractivity contribution in [3.63, 3.8) is 0 Å². The van der Waals surface area contributed by atoms with Gasteiger partial charge in [0.2, 0.25) is 0 Å². The maximum absolute atomic E-state index is 13.7. The van der Waals surface area contributed by atoms with Crippen LogP contribution in [-0.4, -0.2) is 21.0 Å². The van der Waals surface area contributed by atoms with Gasteiger partial charge in [0.1, 0.15) is 11.9 Å². The molecular formula is C12H12FNO3S. The van der Waals surface area contributed by atoms with Crippen LogP contribution in [0.15, 0.2) is 18.2 Å². The summed E-state index contributed by atoms with van der Waals surface area (Å²) in [6.07, 6.45) is 0. The Labute approximate surface area is 107 Å². The molecule has 0 amide bonds. The molecule has 1 rings (SSSR count). The molecule has 2 atom stereocenters. The average molecular weight is 269 g/mol. The summed E-state index contributed by atoms with van der Waals surface area (Å²) in [6, 6.07) is 5.99. The lowest BCUT2D eigenvalue weighted by atomic mass is 10.1. The predicted molar refractivity (Wildman–Crippen MR) is 64.6 cm³/mol. The summed E-state index contributed by atoms with van der Waals surface area (Å²) in [5.41, 5.74) is 0.0701. The van der Waals surface area contributed by atoms with Crippen LogP contribution >= 0.6 is 0 Å². The number of carbonyl (C=O) groups is 1. The van der Waals surface area contributed by atoms with Gasteiger partial charge < -0.3 is 5.11 Å².